The molecule has 0 aliphatic rings. The SMILES string of the molecule is COc1cc(NCC(F)F)c(F)cc1N. The second-order valence-corrected chi connectivity index (χ2v) is 2.85. The van der Waals surface area contributed by atoms with Crippen molar-refractivity contribution in [2.45, 2.75) is 6.43 Å². The molecular weight excluding hydrogens is 209 g/mol. The van der Waals surface area contributed by atoms with Crippen molar-refractivity contribution in [1.29, 1.82) is 0 Å². The quantitative estimate of drug-likeness (QED) is 0.764. The first-order valence-electron chi connectivity index (χ1n) is 4.19. The summed E-state index contributed by atoms with van der Waals surface area (Å²) in [5.41, 5.74) is 5.48. The lowest BCUT2D eigenvalue weighted by molar-refractivity contribution is 0.163. The van der Waals surface area contributed by atoms with Crippen LogP contribution in [0, 0.1) is 5.82 Å². The van der Waals surface area contributed by atoms with E-state index in [4.69, 9.17) is 10.5 Å². The Labute approximate surface area is 85.0 Å². The fourth-order valence-electron chi connectivity index (χ4n) is 1.07. The highest BCUT2D eigenvalue weighted by atomic mass is 19.3. The van der Waals surface area contributed by atoms with Gasteiger partial charge in [0.1, 0.15) is 11.6 Å². The van der Waals surface area contributed by atoms with Gasteiger partial charge >= 0.3 is 0 Å². The van der Waals surface area contributed by atoms with Crippen LogP contribution in [0.5, 0.6) is 5.75 Å². The van der Waals surface area contributed by atoms with Crippen molar-refractivity contribution in [2.75, 3.05) is 24.7 Å². The number of alkyl halides is 2. The Kier molecular flexibility index (Phi) is 3.65. The molecule has 0 fully saturated rings. The predicted octanol–water partition coefficient (Wildman–Crippen LogP) is 2.09. The number of hydrogen-bond donors (Lipinski definition) is 2. The molecule has 0 saturated carbocycles. The fourth-order valence-corrected chi connectivity index (χ4v) is 1.07. The van der Waals surface area contributed by atoms with Crippen LogP contribution in [0.15, 0.2) is 12.1 Å². The Morgan fingerprint density at radius 2 is 2.13 bits per heavy atom. The Morgan fingerprint density at radius 1 is 1.47 bits per heavy atom. The van der Waals surface area contributed by atoms with Gasteiger partial charge < -0.3 is 15.8 Å². The van der Waals surface area contributed by atoms with Crippen LogP contribution in [0.25, 0.3) is 0 Å². The number of benzene rings is 1. The lowest BCUT2D eigenvalue weighted by atomic mass is 10.2. The third kappa shape index (κ3) is 2.93. The monoisotopic (exact) mass is 220 g/mol. The highest BCUT2D eigenvalue weighted by Gasteiger charge is 2.09. The van der Waals surface area contributed by atoms with E-state index in [2.05, 4.69) is 5.32 Å². The Balaban J connectivity index is 2.87. The molecule has 1 rings (SSSR count). The van der Waals surface area contributed by atoms with Gasteiger partial charge in [-0.05, 0) is 0 Å². The highest BCUT2D eigenvalue weighted by Crippen LogP contribution is 2.28. The number of rotatable bonds is 4. The van der Waals surface area contributed by atoms with E-state index in [-0.39, 0.29) is 17.1 Å². The van der Waals surface area contributed by atoms with Crippen LogP contribution in [0.3, 0.4) is 0 Å². The number of hydrogen-bond acceptors (Lipinski definition) is 3. The summed E-state index contributed by atoms with van der Waals surface area (Å²) in [6.07, 6.45) is -2.55. The number of anilines is 2. The smallest absolute Gasteiger partial charge is 0.255 e. The number of nitrogens with one attached hydrogen (secondary N) is 1. The molecule has 0 atom stereocenters. The van der Waals surface area contributed by atoms with Crippen molar-refractivity contribution in [2.24, 2.45) is 0 Å². The second kappa shape index (κ2) is 4.77. The van der Waals surface area contributed by atoms with Gasteiger partial charge in [-0.3, -0.25) is 0 Å². The maximum absolute atomic E-state index is 13.2. The van der Waals surface area contributed by atoms with Crippen molar-refractivity contribution < 1.29 is 17.9 Å². The van der Waals surface area contributed by atoms with Crippen LogP contribution in [-0.4, -0.2) is 20.1 Å². The lowest BCUT2D eigenvalue weighted by Gasteiger charge is -2.10. The predicted molar refractivity (Wildman–Crippen MR) is 51.9 cm³/mol. The minimum Gasteiger partial charge on any atom is -0.495 e. The van der Waals surface area contributed by atoms with Crippen LogP contribution in [0.1, 0.15) is 0 Å². The number of halogens is 3. The summed E-state index contributed by atoms with van der Waals surface area (Å²) in [4.78, 5) is 0. The van der Waals surface area contributed by atoms with Gasteiger partial charge in [0, 0.05) is 12.1 Å². The lowest BCUT2D eigenvalue weighted by Crippen LogP contribution is -2.11. The van der Waals surface area contributed by atoms with Crippen molar-refractivity contribution in [1.82, 2.24) is 0 Å². The molecule has 1 aromatic carbocycles. The molecule has 0 aliphatic heterocycles. The summed E-state index contributed by atoms with van der Waals surface area (Å²) in [5, 5.41) is 2.25. The average Bonchev–Trinajstić information content (AvgIpc) is 2.16. The molecule has 0 bridgehead atoms. The first-order valence-corrected chi connectivity index (χ1v) is 4.19. The highest BCUT2D eigenvalue weighted by molar-refractivity contribution is 5.62. The van der Waals surface area contributed by atoms with Crippen LogP contribution < -0.4 is 15.8 Å². The molecule has 0 aliphatic carbocycles. The standard InChI is InChI=1S/C9H11F3N2O/c1-15-8-3-7(14-4-9(11)12)5(10)2-6(8)13/h2-3,9,14H,4,13H2,1H3. The third-order valence-corrected chi connectivity index (χ3v) is 1.77. The number of methoxy groups -OCH3 is 1. The van der Waals surface area contributed by atoms with Crippen LogP contribution >= 0.6 is 0 Å². The minimum absolute atomic E-state index is 0.0543. The van der Waals surface area contributed by atoms with E-state index < -0.39 is 18.8 Å². The van der Waals surface area contributed by atoms with Gasteiger partial charge in [0.2, 0.25) is 0 Å². The summed E-state index contributed by atoms with van der Waals surface area (Å²) in [5.74, 6) is -0.442. The number of nitrogens with two attached hydrogens (primary N) is 1. The summed E-state index contributed by atoms with van der Waals surface area (Å²) in [6.45, 7) is -0.621. The van der Waals surface area contributed by atoms with Gasteiger partial charge in [-0.2, -0.15) is 0 Å². The fraction of sp³-hybridized carbons (Fsp3) is 0.333. The van der Waals surface area contributed by atoms with Gasteiger partial charge in [-0.25, -0.2) is 13.2 Å². The molecule has 0 aromatic heterocycles. The molecule has 0 radical (unpaired) electrons. The first-order chi connectivity index (χ1) is 7.04. The van der Waals surface area contributed by atoms with Gasteiger partial charge in [0.05, 0.1) is 25.0 Å². The molecule has 1 aromatic rings. The zero-order valence-corrected chi connectivity index (χ0v) is 8.06. The van der Waals surface area contributed by atoms with Gasteiger partial charge in [-0.1, -0.05) is 0 Å². The molecule has 6 heteroatoms. The van der Waals surface area contributed by atoms with Gasteiger partial charge in [-0.15, -0.1) is 0 Å². The molecule has 3 nitrogen and oxygen atoms in total. The number of nitrogen functional groups attached to an aromatic ring is 1. The summed E-state index contributed by atoms with van der Waals surface area (Å²) in [7, 11) is 1.36. The van der Waals surface area contributed by atoms with Gasteiger partial charge in [0.15, 0.2) is 0 Å². The number of ether oxygens (including phenoxy) is 1. The molecule has 3 N–H and O–H groups in total. The molecule has 84 valence electrons. The van der Waals surface area contributed by atoms with Crippen LogP contribution in [0.2, 0.25) is 0 Å². The Hall–Kier alpha value is -1.59. The van der Waals surface area contributed by atoms with Crippen molar-refractivity contribution in [3.05, 3.63) is 17.9 Å². The molecule has 0 spiro atoms. The average molecular weight is 220 g/mol. The van der Waals surface area contributed by atoms with Crippen LogP contribution in [0.4, 0.5) is 24.5 Å². The van der Waals surface area contributed by atoms with E-state index >= 15 is 0 Å². The van der Waals surface area contributed by atoms with E-state index in [1.165, 1.54) is 13.2 Å². The Morgan fingerprint density at radius 3 is 2.67 bits per heavy atom. The zero-order valence-electron chi connectivity index (χ0n) is 8.06. The molecular formula is C9H11F3N2O. The van der Waals surface area contributed by atoms with Crippen LogP contribution in [-0.2, 0) is 0 Å². The third-order valence-electron chi connectivity index (χ3n) is 1.77. The minimum atomic E-state index is -2.55. The Bertz CT molecular complexity index is 344. The van der Waals surface area contributed by atoms with Crippen molar-refractivity contribution >= 4 is 11.4 Å². The maximum atomic E-state index is 13.2. The summed E-state index contributed by atoms with van der Waals surface area (Å²) >= 11 is 0. The zero-order chi connectivity index (χ0) is 11.4. The van der Waals surface area contributed by atoms with Crippen molar-refractivity contribution in [3.8, 4) is 5.75 Å². The van der Waals surface area contributed by atoms with E-state index in [0.717, 1.165) is 6.07 Å². The topological polar surface area (TPSA) is 47.3 Å². The van der Waals surface area contributed by atoms with E-state index in [9.17, 15) is 13.2 Å². The summed E-state index contributed by atoms with van der Waals surface area (Å²) in [6, 6.07) is 2.26. The largest absolute Gasteiger partial charge is 0.495 e. The maximum Gasteiger partial charge on any atom is 0.255 e. The molecule has 0 saturated heterocycles. The molecule has 0 heterocycles. The molecule has 0 amide bonds. The van der Waals surface area contributed by atoms with Crippen molar-refractivity contribution in [3.63, 3.8) is 0 Å². The van der Waals surface area contributed by atoms with E-state index in [0.29, 0.717) is 0 Å². The summed E-state index contributed by atoms with van der Waals surface area (Å²) < 4.78 is 41.7. The van der Waals surface area contributed by atoms with E-state index in [1.54, 1.807) is 0 Å². The first kappa shape index (κ1) is 11.5. The second-order valence-electron chi connectivity index (χ2n) is 2.85. The molecule has 15 heavy (non-hydrogen) atoms. The molecule has 0 unspecified atom stereocenters. The van der Waals surface area contributed by atoms with Gasteiger partial charge in [0.25, 0.3) is 6.43 Å². The van der Waals surface area contributed by atoms with E-state index in [1.807, 2.05) is 0 Å². The normalized spacial score (nSPS) is 10.5.